The molecule has 22 heavy (non-hydrogen) atoms. The maximum atomic E-state index is 11.9. The monoisotopic (exact) mass is 323 g/mol. The van der Waals surface area contributed by atoms with E-state index in [1.165, 1.54) is 24.3 Å². The van der Waals surface area contributed by atoms with Crippen LogP contribution in [0, 0.1) is 6.92 Å². The third-order valence-electron chi connectivity index (χ3n) is 2.98. The van der Waals surface area contributed by atoms with Crippen molar-refractivity contribution in [2.75, 3.05) is 5.32 Å². The first kappa shape index (κ1) is 16.1. The molecule has 118 valence electrons. The Bertz CT molecular complexity index is 766. The smallest absolute Gasteiger partial charge is 0.319 e. The molecule has 2 amide bonds. The number of amides is 2. The van der Waals surface area contributed by atoms with Crippen LogP contribution in [0.15, 0.2) is 45.7 Å². The Balaban J connectivity index is 1.97. The summed E-state index contributed by atoms with van der Waals surface area (Å²) in [5, 5.41) is 10.3. The number of furan rings is 1. The number of hydrogen-bond acceptors (Lipinski definition) is 4. The van der Waals surface area contributed by atoms with Crippen molar-refractivity contribution in [2.45, 2.75) is 24.8 Å². The fourth-order valence-corrected chi connectivity index (χ4v) is 2.36. The largest absolute Gasteiger partial charge is 0.464 e. The molecule has 0 fully saturated rings. The molecular weight excluding hydrogens is 306 g/mol. The van der Waals surface area contributed by atoms with Crippen molar-refractivity contribution in [3.8, 4) is 0 Å². The highest BCUT2D eigenvalue weighted by Gasteiger charge is 2.13. The minimum absolute atomic E-state index is 0.0158. The summed E-state index contributed by atoms with van der Waals surface area (Å²) in [6, 6.07) is 8.46. The number of hydrogen-bond donors (Lipinski definition) is 3. The maximum absolute atomic E-state index is 11.9. The summed E-state index contributed by atoms with van der Waals surface area (Å²) in [6.45, 7) is 3.62. The van der Waals surface area contributed by atoms with Crippen LogP contribution in [-0.4, -0.2) is 14.4 Å². The van der Waals surface area contributed by atoms with Crippen molar-refractivity contribution in [3.05, 3.63) is 47.9 Å². The molecule has 0 aliphatic rings. The third kappa shape index (κ3) is 4.09. The summed E-state index contributed by atoms with van der Waals surface area (Å²) in [7, 11) is -3.74. The number of aryl methyl sites for hydroxylation is 1. The van der Waals surface area contributed by atoms with Gasteiger partial charge >= 0.3 is 6.03 Å². The van der Waals surface area contributed by atoms with Gasteiger partial charge in [0.2, 0.25) is 10.0 Å². The predicted molar refractivity (Wildman–Crippen MR) is 81.8 cm³/mol. The van der Waals surface area contributed by atoms with Crippen LogP contribution < -0.4 is 15.8 Å². The number of nitrogens with one attached hydrogen (secondary N) is 2. The molecule has 7 nitrogen and oxygen atoms in total. The van der Waals surface area contributed by atoms with Gasteiger partial charge in [0.05, 0.1) is 10.9 Å². The third-order valence-corrected chi connectivity index (χ3v) is 3.91. The Morgan fingerprint density at radius 1 is 1.18 bits per heavy atom. The highest BCUT2D eigenvalue weighted by molar-refractivity contribution is 7.89. The van der Waals surface area contributed by atoms with E-state index in [2.05, 4.69) is 10.6 Å². The zero-order valence-corrected chi connectivity index (χ0v) is 13.0. The SMILES string of the molecule is Cc1ccc(C(C)NC(=O)Nc2ccc(S(N)(=O)=O)cc2)o1. The summed E-state index contributed by atoms with van der Waals surface area (Å²) in [4.78, 5) is 11.9. The van der Waals surface area contributed by atoms with Gasteiger partial charge in [-0.15, -0.1) is 0 Å². The van der Waals surface area contributed by atoms with Gasteiger partial charge < -0.3 is 15.1 Å². The van der Waals surface area contributed by atoms with Crippen molar-refractivity contribution in [2.24, 2.45) is 5.14 Å². The lowest BCUT2D eigenvalue weighted by molar-refractivity contribution is 0.247. The van der Waals surface area contributed by atoms with Crippen LogP contribution in [0.25, 0.3) is 0 Å². The second-order valence-electron chi connectivity index (χ2n) is 4.84. The molecule has 0 saturated carbocycles. The molecule has 2 rings (SSSR count). The zero-order valence-electron chi connectivity index (χ0n) is 12.2. The van der Waals surface area contributed by atoms with E-state index in [1.807, 2.05) is 13.0 Å². The predicted octanol–water partition coefficient (Wildman–Crippen LogP) is 2.12. The highest BCUT2D eigenvalue weighted by atomic mass is 32.2. The Morgan fingerprint density at radius 3 is 2.32 bits per heavy atom. The zero-order chi connectivity index (χ0) is 16.3. The number of carbonyl (C=O) groups excluding carboxylic acids is 1. The van der Waals surface area contributed by atoms with Gasteiger partial charge in [0.15, 0.2) is 0 Å². The first-order valence-electron chi connectivity index (χ1n) is 6.52. The number of rotatable bonds is 4. The number of carbonyl (C=O) groups is 1. The molecular formula is C14H17N3O4S. The molecule has 0 bridgehead atoms. The molecule has 2 aromatic rings. The fraction of sp³-hybridized carbons (Fsp3) is 0.214. The van der Waals surface area contributed by atoms with Crippen molar-refractivity contribution in [3.63, 3.8) is 0 Å². The molecule has 0 aliphatic heterocycles. The second-order valence-corrected chi connectivity index (χ2v) is 6.40. The van der Waals surface area contributed by atoms with E-state index in [0.717, 1.165) is 5.76 Å². The Morgan fingerprint density at radius 2 is 1.82 bits per heavy atom. The second kappa shape index (κ2) is 6.20. The summed E-state index contributed by atoms with van der Waals surface area (Å²) in [5.74, 6) is 1.42. The first-order chi connectivity index (χ1) is 10.3. The number of nitrogens with two attached hydrogens (primary N) is 1. The Hall–Kier alpha value is -2.32. The molecule has 1 heterocycles. The fourth-order valence-electron chi connectivity index (χ4n) is 1.85. The molecule has 8 heteroatoms. The van der Waals surface area contributed by atoms with Crippen LogP contribution in [0.4, 0.5) is 10.5 Å². The number of anilines is 1. The van der Waals surface area contributed by atoms with Gasteiger partial charge in [0.25, 0.3) is 0 Å². The van der Waals surface area contributed by atoms with Crippen LogP contribution in [0.5, 0.6) is 0 Å². The normalized spacial score (nSPS) is 12.7. The van der Waals surface area contributed by atoms with Crippen molar-refractivity contribution in [1.82, 2.24) is 5.32 Å². The average Bonchev–Trinajstić information content (AvgIpc) is 2.85. The van der Waals surface area contributed by atoms with E-state index in [1.54, 1.807) is 13.0 Å². The molecule has 0 aliphatic carbocycles. The lowest BCUT2D eigenvalue weighted by atomic mass is 10.2. The molecule has 0 saturated heterocycles. The van der Waals surface area contributed by atoms with Crippen molar-refractivity contribution >= 4 is 21.7 Å². The van der Waals surface area contributed by atoms with E-state index >= 15 is 0 Å². The molecule has 1 unspecified atom stereocenters. The van der Waals surface area contributed by atoms with Gasteiger partial charge in [-0.2, -0.15) is 0 Å². The van der Waals surface area contributed by atoms with Crippen LogP contribution in [-0.2, 0) is 10.0 Å². The first-order valence-corrected chi connectivity index (χ1v) is 8.07. The van der Waals surface area contributed by atoms with Gasteiger partial charge in [-0.3, -0.25) is 0 Å². The number of sulfonamides is 1. The standard InChI is InChI=1S/C14H17N3O4S/c1-9-3-8-13(21-9)10(2)16-14(18)17-11-4-6-12(7-5-11)22(15,19)20/h3-8,10H,1-2H3,(H2,15,19,20)(H2,16,17,18). The summed E-state index contributed by atoms with van der Waals surface area (Å²) in [6.07, 6.45) is 0. The van der Waals surface area contributed by atoms with Gasteiger partial charge in [-0.25, -0.2) is 18.4 Å². The molecule has 0 radical (unpaired) electrons. The van der Waals surface area contributed by atoms with Gasteiger partial charge in [-0.1, -0.05) is 0 Å². The lowest BCUT2D eigenvalue weighted by Crippen LogP contribution is -2.30. The van der Waals surface area contributed by atoms with Crippen LogP contribution in [0.1, 0.15) is 24.5 Å². The molecule has 1 aromatic carbocycles. The summed E-state index contributed by atoms with van der Waals surface area (Å²) in [5.41, 5.74) is 0.452. The number of primary sulfonamides is 1. The van der Waals surface area contributed by atoms with E-state index in [4.69, 9.17) is 9.56 Å². The Labute approximate surface area is 128 Å². The summed E-state index contributed by atoms with van der Waals surface area (Å²) >= 11 is 0. The Kier molecular flexibility index (Phi) is 4.53. The van der Waals surface area contributed by atoms with E-state index in [0.29, 0.717) is 11.4 Å². The lowest BCUT2D eigenvalue weighted by Gasteiger charge is -2.12. The van der Waals surface area contributed by atoms with E-state index in [-0.39, 0.29) is 10.9 Å². The quantitative estimate of drug-likeness (QED) is 0.799. The molecule has 0 spiro atoms. The van der Waals surface area contributed by atoms with Gasteiger partial charge in [0, 0.05) is 5.69 Å². The minimum Gasteiger partial charge on any atom is -0.464 e. The van der Waals surface area contributed by atoms with Crippen molar-refractivity contribution < 1.29 is 17.6 Å². The number of benzene rings is 1. The van der Waals surface area contributed by atoms with Crippen molar-refractivity contribution in [1.29, 1.82) is 0 Å². The highest BCUT2D eigenvalue weighted by Crippen LogP contribution is 2.16. The topological polar surface area (TPSA) is 114 Å². The maximum Gasteiger partial charge on any atom is 0.319 e. The molecule has 1 aromatic heterocycles. The van der Waals surface area contributed by atoms with Crippen LogP contribution in [0.3, 0.4) is 0 Å². The van der Waals surface area contributed by atoms with Crippen LogP contribution >= 0.6 is 0 Å². The molecule has 1 atom stereocenters. The van der Waals surface area contributed by atoms with Gasteiger partial charge in [-0.05, 0) is 50.2 Å². The van der Waals surface area contributed by atoms with E-state index < -0.39 is 16.1 Å². The summed E-state index contributed by atoms with van der Waals surface area (Å²) < 4.78 is 27.7. The molecule has 4 N–H and O–H groups in total. The van der Waals surface area contributed by atoms with Gasteiger partial charge in [0.1, 0.15) is 11.5 Å². The average molecular weight is 323 g/mol. The van der Waals surface area contributed by atoms with E-state index in [9.17, 15) is 13.2 Å². The number of urea groups is 1. The van der Waals surface area contributed by atoms with Crippen LogP contribution in [0.2, 0.25) is 0 Å². The minimum atomic E-state index is -3.74.